The molecule has 5 nitrogen and oxygen atoms in total. The number of esters is 1. The standard InChI is InChI=1S/C24H21N3O2S/c1-4-29-24(28)20-15(3)26-14(2)18(13-25)21(20)17-11-8-12-19-22(17)27-23(30-19)16-9-6-5-7-10-16/h5-12,21,26H,4H2,1-3H3. The molecule has 2 heterocycles. The molecule has 0 aliphatic carbocycles. The number of ether oxygens (including phenoxy) is 1. The SMILES string of the molecule is CCOC(=O)C1=C(C)NC(C)=C(C#N)C1c1cccc2sc(-c3ccccc3)nc12. The average Bonchev–Trinajstić information content (AvgIpc) is 3.18. The number of rotatable bonds is 4. The molecule has 0 saturated carbocycles. The highest BCUT2D eigenvalue weighted by Crippen LogP contribution is 2.42. The van der Waals surface area contributed by atoms with E-state index in [0.29, 0.717) is 16.8 Å². The first kappa shape index (κ1) is 19.9. The number of carbonyl (C=O) groups excluding carboxylic acids is 1. The fourth-order valence-corrected chi connectivity index (χ4v) is 4.85. The highest BCUT2D eigenvalue weighted by molar-refractivity contribution is 7.21. The van der Waals surface area contributed by atoms with Crippen molar-refractivity contribution in [2.45, 2.75) is 26.7 Å². The second-order valence-electron chi connectivity index (χ2n) is 7.05. The summed E-state index contributed by atoms with van der Waals surface area (Å²) < 4.78 is 6.35. The van der Waals surface area contributed by atoms with Gasteiger partial charge in [0.1, 0.15) is 5.01 Å². The van der Waals surface area contributed by atoms with Crippen LogP contribution in [0.2, 0.25) is 0 Å². The van der Waals surface area contributed by atoms with Crippen molar-refractivity contribution in [2.75, 3.05) is 6.61 Å². The Morgan fingerprint density at radius 2 is 1.93 bits per heavy atom. The topological polar surface area (TPSA) is 75.0 Å². The van der Waals surface area contributed by atoms with Crippen LogP contribution in [-0.4, -0.2) is 17.6 Å². The van der Waals surface area contributed by atoms with E-state index in [4.69, 9.17) is 9.72 Å². The third-order valence-electron chi connectivity index (χ3n) is 5.16. The van der Waals surface area contributed by atoms with Crippen molar-refractivity contribution in [1.29, 1.82) is 5.26 Å². The van der Waals surface area contributed by atoms with Crippen LogP contribution in [0.4, 0.5) is 0 Å². The average molecular weight is 416 g/mol. The maximum absolute atomic E-state index is 12.9. The minimum atomic E-state index is -0.523. The minimum Gasteiger partial charge on any atom is -0.463 e. The second-order valence-corrected chi connectivity index (χ2v) is 8.08. The van der Waals surface area contributed by atoms with Crippen molar-refractivity contribution in [3.05, 3.63) is 76.6 Å². The highest BCUT2D eigenvalue weighted by Gasteiger charge is 2.35. The third kappa shape index (κ3) is 3.38. The number of aromatic nitrogens is 1. The summed E-state index contributed by atoms with van der Waals surface area (Å²) in [6.07, 6.45) is 0. The Kier molecular flexibility index (Phi) is 5.39. The number of nitrogens with zero attached hydrogens (tertiary/aromatic N) is 2. The van der Waals surface area contributed by atoms with Gasteiger partial charge < -0.3 is 10.1 Å². The van der Waals surface area contributed by atoms with Gasteiger partial charge in [-0.05, 0) is 32.4 Å². The first-order valence-electron chi connectivity index (χ1n) is 9.75. The van der Waals surface area contributed by atoms with E-state index in [0.717, 1.165) is 32.0 Å². The summed E-state index contributed by atoms with van der Waals surface area (Å²) in [6, 6.07) is 18.2. The van der Waals surface area contributed by atoms with Gasteiger partial charge in [-0.1, -0.05) is 42.5 Å². The second kappa shape index (κ2) is 8.13. The molecule has 0 fully saturated rings. The maximum Gasteiger partial charge on any atom is 0.336 e. The van der Waals surface area contributed by atoms with Crippen molar-refractivity contribution in [3.63, 3.8) is 0 Å². The molecule has 0 spiro atoms. The number of benzene rings is 2. The molecule has 1 atom stereocenters. The van der Waals surface area contributed by atoms with E-state index in [-0.39, 0.29) is 6.61 Å². The van der Waals surface area contributed by atoms with Crippen LogP contribution >= 0.6 is 11.3 Å². The van der Waals surface area contributed by atoms with Gasteiger partial charge in [-0.2, -0.15) is 5.26 Å². The predicted octanol–water partition coefficient (Wildman–Crippen LogP) is 5.28. The molecule has 4 rings (SSSR count). The molecular formula is C24H21N3O2S. The number of dihydropyridines is 1. The normalized spacial score (nSPS) is 16.4. The van der Waals surface area contributed by atoms with Crippen LogP contribution in [0.3, 0.4) is 0 Å². The van der Waals surface area contributed by atoms with Crippen LogP contribution < -0.4 is 5.32 Å². The number of para-hydroxylation sites is 1. The maximum atomic E-state index is 12.9. The summed E-state index contributed by atoms with van der Waals surface area (Å²) in [6.45, 7) is 5.74. The quantitative estimate of drug-likeness (QED) is 0.587. The van der Waals surface area contributed by atoms with Crippen LogP contribution in [-0.2, 0) is 9.53 Å². The smallest absolute Gasteiger partial charge is 0.336 e. The van der Waals surface area contributed by atoms with Gasteiger partial charge in [-0.15, -0.1) is 11.3 Å². The van der Waals surface area contributed by atoms with E-state index < -0.39 is 11.9 Å². The number of hydrogen-bond acceptors (Lipinski definition) is 6. The van der Waals surface area contributed by atoms with E-state index >= 15 is 0 Å². The van der Waals surface area contributed by atoms with Crippen molar-refractivity contribution in [1.82, 2.24) is 10.3 Å². The first-order chi connectivity index (χ1) is 14.5. The van der Waals surface area contributed by atoms with Gasteiger partial charge in [0.15, 0.2) is 0 Å². The molecule has 1 aromatic heterocycles. The minimum absolute atomic E-state index is 0.270. The molecule has 1 unspecified atom stereocenters. The van der Waals surface area contributed by atoms with Gasteiger partial charge in [-0.25, -0.2) is 9.78 Å². The molecule has 30 heavy (non-hydrogen) atoms. The Morgan fingerprint density at radius 3 is 2.63 bits per heavy atom. The van der Waals surface area contributed by atoms with E-state index in [9.17, 15) is 10.1 Å². The molecule has 0 bridgehead atoms. The summed E-state index contributed by atoms with van der Waals surface area (Å²) in [7, 11) is 0. The molecule has 1 aliphatic rings. The van der Waals surface area contributed by atoms with Crippen LogP contribution in [0.5, 0.6) is 0 Å². The first-order valence-corrected chi connectivity index (χ1v) is 10.6. The Hall–Kier alpha value is -3.43. The number of carbonyl (C=O) groups is 1. The van der Waals surface area contributed by atoms with Crippen LogP contribution in [0.15, 0.2) is 71.1 Å². The molecular weight excluding hydrogens is 394 g/mol. The predicted molar refractivity (Wildman–Crippen MR) is 119 cm³/mol. The van der Waals surface area contributed by atoms with Crippen LogP contribution in [0, 0.1) is 11.3 Å². The lowest BCUT2D eigenvalue weighted by Gasteiger charge is -2.28. The summed E-state index contributed by atoms with van der Waals surface area (Å²) in [5.41, 5.74) is 5.09. The molecule has 2 aromatic carbocycles. The lowest BCUT2D eigenvalue weighted by molar-refractivity contribution is -0.138. The molecule has 6 heteroatoms. The van der Waals surface area contributed by atoms with Crippen LogP contribution in [0.1, 0.15) is 32.3 Å². The van der Waals surface area contributed by atoms with E-state index in [2.05, 4.69) is 11.4 Å². The van der Waals surface area contributed by atoms with Crippen molar-refractivity contribution in [2.24, 2.45) is 0 Å². The van der Waals surface area contributed by atoms with Crippen LogP contribution in [0.25, 0.3) is 20.8 Å². The number of nitrogens with one attached hydrogen (secondary N) is 1. The Morgan fingerprint density at radius 1 is 1.17 bits per heavy atom. The fourth-order valence-electron chi connectivity index (χ4n) is 3.84. The molecule has 150 valence electrons. The summed E-state index contributed by atoms with van der Waals surface area (Å²) in [5.74, 6) is -0.937. The summed E-state index contributed by atoms with van der Waals surface area (Å²) >= 11 is 1.60. The monoisotopic (exact) mass is 415 g/mol. The summed E-state index contributed by atoms with van der Waals surface area (Å²) in [5, 5.41) is 14.0. The van der Waals surface area contributed by atoms with Crippen molar-refractivity contribution in [3.8, 4) is 16.6 Å². The van der Waals surface area contributed by atoms with Gasteiger partial charge in [0, 0.05) is 17.0 Å². The van der Waals surface area contributed by atoms with Gasteiger partial charge in [0.25, 0.3) is 0 Å². The molecule has 0 amide bonds. The van der Waals surface area contributed by atoms with E-state index in [1.165, 1.54) is 0 Å². The fraction of sp³-hybridized carbons (Fsp3) is 0.208. The van der Waals surface area contributed by atoms with E-state index in [1.54, 1.807) is 18.3 Å². The number of nitriles is 1. The van der Waals surface area contributed by atoms with Crippen molar-refractivity contribution < 1.29 is 9.53 Å². The zero-order valence-corrected chi connectivity index (χ0v) is 17.8. The molecule has 0 saturated heterocycles. The van der Waals surface area contributed by atoms with Gasteiger partial charge in [-0.3, -0.25) is 0 Å². The lowest BCUT2D eigenvalue weighted by atomic mass is 9.80. The largest absolute Gasteiger partial charge is 0.463 e. The van der Waals surface area contributed by atoms with Gasteiger partial charge in [0.2, 0.25) is 0 Å². The zero-order chi connectivity index (χ0) is 21.3. The number of hydrogen-bond donors (Lipinski definition) is 1. The zero-order valence-electron chi connectivity index (χ0n) is 17.0. The molecule has 3 aromatic rings. The third-order valence-corrected chi connectivity index (χ3v) is 6.23. The Bertz CT molecular complexity index is 1230. The molecule has 0 radical (unpaired) electrons. The van der Waals surface area contributed by atoms with Gasteiger partial charge >= 0.3 is 5.97 Å². The lowest BCUT2D eigenvalue weighted by Crippen LogP contribution is -2.28. The molecule has 1 aliphatic heterocycles. The number of fused-ring (bicyclic) bond motifs is 1. The highest BCUT2D eigenvalue weighted by atomic mass is 32.1. The number of thiazole rings is 1. The molecule has 1 N–H and O–H groups in total. The Balaban J connectivity index is 1.94. The van der Waals surface area contributed by atoms with Crippen molar-refractivity contribution >= 4 is 27.5 Å². The number of allylic oxidation sites excluding steroid dienone is 3. The Labute approximate surface area is 179 Å². The van der Waals surface area contributed by atoms with Gasteiger partial charge in [0.05, 0.1) is 40.0 Å². The summed E-state index contributed by atoms with van der Waals surface area (Å²) in [4.78, 5) is 17.8. The van der Waals surface area contributed by atoms with E-state index in [1.807, 2.05) is 62.4 Å².